The minimum Gasteiger partial charge on any atom is -0.391 e. The van der Waals surface area contributed by atoms with Crippen molar-refractivity contribution >= 4 is 22.7 Å². The molecule has 0 bridgehead atoms. The Morgan fingerprint density at radius 2 is 2.28 bits per heavy atom. The molecule has 1 aliphatic rings. The molecule has 3 rings (SSSR count). The van der Waals surface area contributed by atoms with Gasteiger partial charge in [0.25, 0.3) is 0 Å². The summed E-state index contributed by atoms with van der Waals surface area (Å²) in [5.41, 5.74) is 1.48. The van der Waals surface area contributed by atoms with Gasteiger partial charge in [0, 0.05) is 43.5 Å². The summed E-state index contributed by atoms with van der Waals surface area (Å²) in [4.78, 5) is 29.0. The van der Waals surface area contributed by atoms with Crippen LogP contribution in [-0.2, 0) is 16.0 Å². The van der Waals surface area contributed by atoms with Crippen LogP contribution in [0.1, 0.15) is 25.3 Å². The number of fused-ring (bicyclic) bond motifs is 1. The topological polar surface area (TPSA) is 85.4 Å². The molecule has 3 N–H and O–H groups in total. The van der Waals surface area contributed by atoms with Crippen molar-refractivity contribution in [1.82, 2.24) is 15.2 Å². The Bertz CT molecular complexity index is 789. The summed E-state index contributed by atoms with van der Waals surface area (Å²) in [6.07, 6.45) is 2.94. The molecule has 2 unspecified atom stereocenters. The first kappa shape index (κ1) is 17.4. The normalized spacial score (nSPS) is 19.0. The van der Waals surface area contributed by atoms with Crippen molar-refractivity contribution in [3.63, 3.8) is 0 Å². The van der Waals surface area contributed by atoms with Crippen LogP contribution in [-0.4, -0.2) is 52.0 Å². The third kappa shape index (κ3) is 3.99. The van der Waals surface area contributed by atoms with Crippen LogP contribution in [0.5, 0.6) is 0 Å². The Labute approximate surface area is 145 Å². The number of aromatic amines is 1. The van der Waals surface area contributed by atoms with E-state index in [1.54, 1.807) is 17.2 Å². The Hall–Kier alpha value is -2.41. The van der Waals surface area contributed by atoms with Crippen molar-refractivity contribution in [3.8, 4) is 0 Å². The van der Waals surface area contributed by atoms with Crippen LogP contribution in [0.2, 0.25) is 0 Å². The molecule has 25 heavy (non-hydrogen) atoms. The predicted octanol–water partition coefficient (Wildman–Crippen LogP) is 1.34. The number of aliphatic hydroxyl groups is 1. The van der Waals surface area contributed by atoms with Crippen molar-refractivity contribution in [2.24, 2.45) is 0 Å². The van der Waals surface area contributed by atoms with Gasteiger partial charge in [0.2, 0.25) is 11.8 Å². The van der Waals surface area contributed by atoms with E-state index in [1.165, 1.54) is 19.1 Å². The molecule has 1 saturated heterocycles. The second-order valence-electron chi connectivity index (χ2n) is 6.54. The maximum atomic E-state index is 13.3. The number of H-pyrrole nitrogens is 1. The third-order valence-corrected chi connectivity index (χ3v) is 4.54. The van der Waals surface area contributed by atoms with Crippen molar-refractivity contribution in [1.29, 1.82) is 0 Å². The highest BCUT2D eigenvalue weighted by Crippen LogP contribution is 2.21. The summed E-state index contributed by atoms with van der Waals surface area (Å²) in [5.74, 6) is -0.829. The molecule has 1 aromatic carbocycles. The Kier molecular flexibility index (Phi) is 5.03. The van der Waals surface area contributed by atoms with E-state index >= 15 is 0 Å². The van der Waals surface area contributed by atoms with E-state index in [-0.39, 0.29) is 24.2 Å². The number of benzene rings is 1. The molecule has 7 heteroatoms. The predicted molar refractivity (Wildman–Crippen MR) is 91.4 cm³/mol. The van der Waals surface area contributed by atoms with Crippen LogP contribution in [0, 0.1) is 5.82 Å². The molecule has 134 valence electrons. The molecule has 1 fully saturated rings. The molecule has 1 aliphatic heterocycles. The van der Waals surface area contributed by atoms with Gasteiger partial charge >= 0.3 is 0 Å². The van der Waals surface area contributed by atoms with Gasteiger partial charge in [0.1, 0.15) is 11.9 Å². The first-order chi connectivity index (χ1) is 11.9. The summed E-state index contributed by atoms with van der Waals surface area (Å²) in [6.45, 7) is 2.23. The summed E-state index contributed by atoms with van der Waals surface area (Å²) in [5, 5.41) is 13.3. The highest BCUT2D eigenvalue weighted by Gasteiger charge is 2.29. The maximum Gasteiger partial charge on any atom is 0.245 e. The largest absolute Gasteiger partial charge is 0.391 e. The van der Waals surface area contributed by atoms with Crippen LogP contribution in [0.15, 0.2) is 24.4 Å². The number of aliphatic hydroxyl groups excluding tert-OH is 1. The van der Waals surface area contributed by atoms with Crippen molar-refractivity contribution < 1.29 is 19.1 Å². The highest BCUT2D eigenvalue weighted by molar-refractivity contribution is 5.89. The van der Waals surface area contributed by atoms with E-state index in [1.807, 2.05) is 0 Å². The second kappa shape index (κ2) is 7.23. The zero-order valence-electron chi connectivity index (χ0n) is 14.1. The van der Waals surface area contributed by atoms with Gasteiger partial charge in [-0.15, -0.1) is 0 Å². The van der Waals surface area contributed by atoms with Gasteiger partial charge in [-0.3, -0.25) is 9.59 Å². The fraction of sp³-hybridized carbons (Fsp3) is 0.444. The van der Waals surface area contributed by atoms with Crippen LogP contribution < -0.4 is 5.32 Å². The zero-order valence-corrected chi connectivity index (χ0v) is 14.1. The molecule has 2 heterocycles. The average molecular weight is 347 g/mol. The standard InChI is InChI=1S/C18H22FN3O3/c1-11(23)21-17(18(25)22-6-2-3-14(24)10-22)7-12-9-20-16-8-13(19)4-5-15(12)16/h4-5,8-9,14,17,20,24H,2-3,6-7,10H2,1H3,(H,21,23). The molecule has 2 amide bonds. The fourth-order valence-corrected chi connectivity index (χ4v) is 3.37. The van der Waals surface area contributed by atoms with Gasteiger partial charge in [-0.2, -0.15) is 0 Å². The lowest BCUT2D eigenvalue weighted by Crippen LogP contribution is -2.52. The number of β-amino-alcohol motifs (C(OH)–C–C–N with tert-alkyl or cyclic N) is 1. The number of rotatable bonds is 4. The molecular formula is C18H22FN3O3. The van der Waals surface area contributed by atoms with Gasteiger partial charge in [-0.25, -0.2) is 4.39 Å². The van der Waals surface area contributed by atoms with Gasteiger partial charge in [0.15, 0.2) is 0 Å². The number of hydrogen-bond donors (Lipinski definition) is 3. The number of carbonyl (C=O) groups is 2. The third-order valence-electron chi connectivity index (χ3n) is 4.54. The van der Waals surface area contributed by atoms with Crippen molar-refractivity contribution in [2.45, 2.75) is 38.3 Å². The number of hydrogen-bond acceptors (Lipinski definition) is 3. The Morgan fingerprint density at radius 3 is 3.00 bits per heavy atom. The average Bonchev–Trinajstić information content (AvgIpc) is 2.95. The number of likely N-dealkylation sites (tertiary alicyclic amines) is 1. The van der Waals surface area contributed by atoms with Crippen LogP contribution >= 0.6 is 0 Å². The van der Waals surface area contributed by atoms with Gasteiger partial charge < -0.3 is 20.3 Å². The number of nitrogens with zero attached hydrogens (tertiary/aromatic N) is 1. The molecule has 0 spiro atoms. The fourth-order valence-electron chi connectivity index (χ4n) is 3.37. The summed E-state index contributed by atoms with van der Waals surface area (Å²) in [6, 6.07) is 3.72. The monoisotopic (exact) mass is 347 g/mol. The smallest absolute Gasteiger partial charge is 0.245 e. The molecule has 0 saturated carbocycles. The van der Waals surface area contributed by atoms with Crippen LogP contribution in [0.25, 0.3) is 10.9 Å². The number of aromatic nitrogens is 1. The van der Waals surface area contributed by atoms with E-state index in [9.17, 15) is 19.1 Å². The molecule has 0 aliphatic carbocycles. The SMILES string of the molecule is CC(=O)NC(Cc1c[nH]c2cc(F)ccc12)C(=O)N1CCCC(O)C1. The molecule has 6 nitrogen and oxygen atoms in total. The van der Waals surface area contributed by atoms with E-state index in [4.69, 9.17) is 0 Å². The van der Waals surface area contributed by atoms with Gasteiger partial charge in [0.05, 0.1) is 6.10 Å². The minimum atomic E-state index is -0.716. The lowest BCUT2D eigenvalue weighted by atomic mass is 10.0. The van der Waals surface area contributed by atoms with Crippen molar-refractivity contribution in [3.05, 3.63) is 35.8 Å². The van der Waals surface area contributed by atoms with E-state index in [2.05, 4.69) is 10.3 Å². The number of halogens is 1. The Morgan fingerprint density at radius 1 is 1.48 bits per heavy atom. The number of nitrogens with one attached hydrogen (secondary N) is 2. The number of piperidine rings is 1. The molecule has 2 atom stereocenters. The Balaban J connectivity index is 1.82. The lowest BCUT2D eigenvalue weighted by molar-refractivity contribution is -0.138. The van der Waals surface area contributed by atoms with Crippen LogP contribution in [0.4, 0.5) is 4.39 Å². The molecule has 0 radical (unpaired) electrons. The zero-order chi connectivity index (χ0) is 18.0. The second-order valence-corrected chi connectivity index (χ2v) is 6.54. The van der Waals surface area contributed by atoms with E-state index in [0.717, 1.165) is 17.4 Å². The summed E-state index contributed by atoms with van der Waals surface area (Å²) >= 11 is 0. The number of carbonyl (C=O) groups excluding carboxylic acids is 2. The first-order valence-corrected chi connectivity index (χ1v) is 8.43. The molecule has 1 aromatic heterocycles. The highest BCUT2D eigenvalue weighted by atomic mass is 19.1. The van der Waals surface area contributed by atoms with Crippen LogP contribution in [0.3, 0.4) is 0 Å². The maximum absolute atomic E-state index is 13.3. The van der Waals surface area contributed by atoms with Crippen molar-refractivity contribution in [2.75, 3.05) is 13.1 Å². The minimum absolute atomic E-state index is 0.203. The molecular weight excluding hydrogens is 325 g/mol. The summed E-state index contributed by atoms with van der Waals surface area (Å²) in [7, 11) is 0. The molecule has 2 aromatic rings. The lowest BCUT2D eigenvalue weighted by Gasteiger charge is -2.33. The van der Waals surface area contributed by atoms with Gasteiger partial charge in [-0.05, 0) is 36.6 Å². The van der Waals surface area contributed by atoms with E-state index in [0.29, 0.717) is 24.9 Å². The summed E-state index contributed by atoms with van der Waals surface area (Å²) < 4.78 is 13.3. The van der Waals surface area contributed by atoms with Gasteiger partial charge in [-0.1, -0.05) is 0 Å². The first-order valence-electron chi connectivity index (χ1n) is 8.43. The van der Waals surface area contributed by atoms with E-state index < -0.39 is 12.1 Å². The number of amides is 2. The quantitative estimate of drug-likeness (QED) is 0.780.